The second-order valence-corrected chi connectivity index (χ2v) is 5.18. The first-order valence-electron chi connectivity index (χ1n) is 5.34. The number of benzene rings is 1. The molecule has 2 aromatic rings. The minimum atomic E-state index is 0.0914. The van der Waals surface area contributed by atoms with Crippen molar-refractivity contribution in [3.8, 4) is 0 Å². The van der Waals surface area contributed by atoms with Crippen molar-refractivity contribution in [1.29, 1.82) is 0 Å². The zero-order chi connectivity index (χ0) is 11.3. The quantitative estimate of drug-likeness (QED) is 0.790. The Bertz CT molecular complexity index is 584. The summed E-state index contributed by atoms with van der Waals surface area (Å²) in [7, 11) is 0. The van der Waals surface area contributed by atoms with Gasteiger partial charge < -0.3 is 4.57 Å². The van der Waals surface area contributed by atoms with Gasteiger partial charge in [-0.1, -0.05) is 15.9 Å². The van der Waals surface area contributed by atoms with Crippen LogP contribution in [0.5, 0.6) is 0 Å². The van der Waals surface area contributed by atoms with Crippen molar-refractivity contribution in [2.45, 2.75) is 25.8 Å². The number of aromatic nitrogens is 2. The number of ketones is 1. The Morgan fingerprint density at radius 3 is 2.88 bits per heavy atom. The van der Waals surface area contributed by atoms with Crippen LogP contribution >= 0.6 is 15.9 Å². The lowest BCUT2D eigenvalue weighted by atomic mass is 10.1. The van der Waals surface area contributed by atoms with E-state index >= 15 is 0 Å². The van der Waals surface area contributed by atoms with Gasteiger partial charge in [0.15, 0.2) is 5.78 Å². The van der Waals surface area contributed by atoms with Gasteiger partial charge in [0.1, 0.15) is 0 Å². The molecule has 1 aromatic carbocycles. The molecule has 4 heteroatoms. The Kier molecular flexibility index (Phi) is 2.14. The Hall–Kier alpha value is -1.16. The zero-order valence-electron chi connectivity index (χ0n) is 8.90. The van der Waals surface area contributed by atoms with Crippen molar-refractivity contribution in [3.05, 3.63) is 28.5 Å². The predicted molar refractivity (Wildman–Crippen MR) is 65.7 cm³/mol. The third kappa shape index (κ3) is 1.48. The van der Waals surface area contributed by atoms with Gasteiger partial charge in [0.05, 0.1) is 17.4 Å². The largest absolute Gasteiger partial charge is 0.327 e. The summed E-state index contributed by atoms with van der Waals surface area (Å²) in [6.07, 6.45) is 4.24. The maximum absolute atomic E-state index is 11.6. The number of Topliss-reactive ketones (excluding diaryl/α,β-unsaturated/α-hetero) is 1. The van der Waals surface area contributed by atoms with Crippen LogP contribution in [0.25, 0.3) is 11.0 Å². The van der Waals surface area contributed by atoms with Gasteiger partial charge in [-0.05, 0) is 31.9 Å². The summed E-state index contributed by atoms with van der Waals surface area (Å²) >= 11 is 3.41. The fourth-order valence-corrected chi connectivity index (χ4v) is 2.48. The number of hydrogen-bond acceptors (Lipinski definition) is 2. The maximum atomic E-state index is 11.6. The molecule has 3 rings (SSSR count). The minimum Gasteiger partial charge on any atom is -0.327 e. The second-order valence-electron chi connectivity index (χ2n) is 4.26. The first-order chi connectivity index (χ1) is 7.66. The average Bonchev–Trinajstić information content (AvgIpc) is 2.98. The molecule has 0 radical (unpaired) electrons. The molecule has 1 saturated carbocycles. The number of rotatable bonds is 2. The van der Waals surface area contributed by atoms with Crippen LogP contribution in [0.1, 0.15) is 36.2 Å². The molecular weight excluding hydrogens is 268 g/mol. The van der Waals surface area contributed by atoms with E-state index in [1.165, 1.54) is 12.8 Å². The Morgan fingerprint density at radius 1 is 1.50 bits per heavy atom. The van der Waals surface area contributed by atoms with E-state index in [1.807, 2.05) is 18.5 Å². The highest BCUT2D eigenvalue weighted by atomic mass is 79.9. The van der Waals surface area contributed by atoms with Gasteiger partial charge in [-0.25, -0.2) is 4.98 Å². The van der Waals surface area contributed by atoms with Crippen molar-refractivity contribution in [3.63, 3.8) is 0 Å². The summed E-state index contributed by atoms with van der Waals surface area (Å²) in [5.41, 5.74) is 2.64. The molecule has 0 spiro atoms. The molecule has 0 saturated heterocycles. The van der Waals surface area contributed by atoms with E-state index < -0.39 is 0 Å². The van der Waals surface area contributed by atoms with E-state index in [9.17, 15) is 4.79 Å². The summed E-state index contributed by atoms with van der Waals surface area (Å²) in [5, 5.41) is 0. The maximum Gasteiger partial charge on any atom is 0.162 e. The van der Waals surface area contributed by atoms with Crippen LogP contribution < -0.4 is 0 Å². The summed E-state index contributed by atoms with van der Waals surface area (Å²) in [5.74, 6) is 0.0914. The lowest BCUT2D eigenvalue weighted by molar-refractivity contribution is 0.101. The molecule has 82 valence electrons. The van der Waals surface area contributed by atoms with E-state index in [0.29, 0.717) is 6.04 Å². The average molecular weight is 279 g/mol. The molecule has 16 heavy (non-hydrogen) atoms. The molecule has 0 aliphatic heterocycles. The van der Waals surface area contributed by atoms with Crippen LogP contribution in [0.4, 0.5) is 0 Å². The van der Waals surface area contributed by atoms with E-state index in [2.05, 4.69) is 25.5 Å². The molecule has 0 amide bonds. The number of halogens is 1. The van der Waals surface area contributed by atoms with Crippen molar-refractivity contribution in [2.24, 2.45) is 0 Å². The number of fused-ring (bicyclic) bond motifs is 1. The highest BCUT2D eigenvalue weighted by Crippen LogP contribution is 2.38. The SMILES string of the molecule is CC(=O)c1cc(Br)cc2ncn(C3CC3)c12. The fourth-order valence-electron chi connectivity index (χ4n) is 2.03. The first kappa shape index (κ1) is 10.0. The molecule has 0 unspecified atom stereocenters. The smallest absolute Gasteiger partial charge is 0.162 e. The lowest BCUT2D eigenvalue weighted by Crippen LogP contribution is -1.99. The Morgan fingerprint density at radius 2 is 2.25 bits per heavy atom. The lowest BCUT2D eigenvalue weighted by Gasteiger charge is -2.05. The molecule has 0 bridgehead atoms. The molecule has 1 aromatic heterocycles. The van der Waals surface area contributed by atoms with Gasteiger partial charge in [0.25, 0.3) is 0 Å². The topological polar surface area (TPSA) is 34.9 Å². The number of nitrogens with zero attached hydrogens (tertiary/aromatic N) is 2. The normalized spacial score (nSPS) is 15.6. The molecule has 1 aliphatic rings. The van der Waals surface area contributed by atoms with Gasteiger partial charge >= 0.3 is 0 Å². The van der Waals surface area contributed by atoms with Crippen LogP contribution in [-0.4, -0.2) is 15.3 Å². The van der Waals surface area contributed by atoms with Gasteiger partial charge in [0, 0.05) is 16.1 Å². The van der Waals surface area contributed by atoms with Crippen molar-refractivity contribution >= 4 is 32.7 Å². The minimum absolute atomic E-state index is 0.0914. The summed E-state index contributed by atoms with van der Waals surface area (Å²) in [4.78, 5) is 16.0. The van der Waals surface area contributed by atoms with E-state index in [1.54, 1.807) is 6.92 Å². The zero-order valence-corrected chi connectivity index (χ0v) is 10.5. The van der Waals surface area contributed by atoms with Crippen LogP contribution in [-0.2, 0) is 0 Å². The molecular formula is C12H11BrN2O. The number of hydrogen-bond donors (Lipinski definition) is 0. The van der Waals surface area contributed by atoms with E-state index in [0.717, 1.165) is 21.1 Å². The standard InChI is InChI=1S/C12H11BrN2O/c1-7(16)10-4-8(13)5-11-12(10)15(6-14-11)9-2-3-9/h4-6,9H,2-3H2,1H3. The summed E-state index contributed by atoms with van der Waals surface area (Å²) in [6.45, 7) is 1.60. The number of carbonyl (C=O) groups is 1. The van der Waals surface area contributed by atoms with Crippen LogP contribution in [0, 0.1) is 0 Å². The number of carbonyl (C=O) groups excluding carboxylic acids is 1. The Labute approximate surface area is 102 Å². The second kappa shape index (κ2) is 3.42. The first-order valence-corrected chi connectivity index (χ1v) is 6.13. The van der Waals surface area contributed by atoms with Crippen LogP contribution in [0.15, 0.2) is 22.9 Å². The monoisotopic (exact) mass is 278 g/mol. The highest BCUT2D eigenvalue weighted by Gasteiger charge is 2.26. The van der Waals surface area contributed by atoms with E-state index in [-0.39, 0.29) is 5.78 Å². The third-order valence-corrected chi connectivity index (χ3v) is 3.41. The molecule has 1 heterocycles. The van der Waals surface area contributed by atoms with Crippen LogP contribution in [0.3, 0.4) is 0 Å². The third-order valence-electron chi connectivity index (χ3n) is 2.95. The van der Waals surface area contributed by atoms with Gasteiger partial charge in [-0.15, -0.1) is 0 Å². The van der Waals surface area contributed by atoms with E-state index in [4.69, 9.17) is 0 Å². The number of imidazole rings is 1. The van der Waals surface area contributed by atoms with Crippen molar-refractivity contribution in [2.75, 3.05) is 0 Å². The predicted octanol–water partition coefficient (Wildman–Crippen LogP) is 3.34. The molecule has 1 aliphatic carbocycles. The summed E-state index contributed by atoms with van der Waals surface area (Å²) in [6, 6.07) is 4.38. The van der Waals surface area contributed by atoms with Gasteiger partial charge in [-0.2, -0.15) is 0 Å². The van der Waals surface area contributed by atoms with Crippen molar-refractivity contribution in [1.82, 2.24) is 9.55 Å². The van der Waals surface area contributed by atoms with Crippen LogP contribution in [0.2, 0.25) is 0 Å². The van der Waals surface area contributed by atoms with Gasteiger partial charge in [0.2, 0.25) is 0 Å². The van der Waals surface area contributed by atoms with Crippen molar-refractivity contribution < 1.29 is 4.79 Å². The summed E-state index contributed by atoms with van der Waals surface area (Å²) < 4.78 is 3.05. The molecule has 3 nitrogen and oxygen atoms in total. The molecule has 0 N–H and O–H groups in total. The highest BCUT2D eigenvalue weighted by molar-refractivity contribution is 9.10. The molecule has 0 atom stereocenters. The molecule has 1 fully saturated rings. The van der Waals surface area contributed by atoms with Gasteiger partial charge in [-0.3, -0.25) is 4.79 Å². The Balaban J connectivity index is 2.35. The fraction of sp³-hybridized carbons (Fsp3) is 0.333.